The van der Waals surface area contributed by atoms with Crippen LogP contribution in [0.5, 0.6) is 0 Å². The minimum atomic E-state index is -0.160. The SMILES string of the molecule is [CH2]C(=O)c1ccccc1Br. The monoisotopic (exact) mass is 197 g/mol. The number of ketones is 1. The molecule has 0 aromatic heterocycles. The van der Waals surface area contributed by atoms with Gasteiger partial charge < -0.3 is 0 Å². The zero-order chi connectivity index (χ0) is 7.56. The Kier molecular flexibility index (Phi) is 2.22. The highest BCUT2D eigenvalue weighted by Gasteiger charge is 2.01. The summed E-state index contributed by atoms with van der Waals surface area (Å²) in [6.45, 7) is 3.30. The number of halogens is 1. The summed E-state index contributed by atoms with van der Waals surface area (Å²) >= 11 is 3.24. The van der Waals surface area contributed by atoms with Crippen LogP contribution in [0.4, 0.5) is 0 Å². The van der Waals surface area contributed by atoms with Crippen LogP contribution in [-0.2, 0) is 0 Å². The predicted octanol–water partition coefficient (Wildman–Crippen LogP) is 2.47. The average Bonchev–Trinajstić information content (AvgIpc) is 1.88. The van der Waals surface area contributed by atoms with Gasteiger partial charge in [0.25, 0.3) is 0 Å². The molecule has 1 aromatic rings. The van der Waals surface area contributed by atoms with Crippen LogP contribution in [0.25, 0.3) is 0 Å². The lowest BCUT2D eigenvalue weighted by Gasteiger charge is -1.95. The minimum Gasteiger partial charge on any atom is -0.294 e. The molecule has 0 N–H and O–H groups in total. The van der Waals surface area contributed by atoms with E-state index >= 15 is 0 Å². The minimum absolute atomic E-state index is 0.160. The van der Waals surface area contributed by atoms with Crippen molar-refractivity contribution in [1.29, 1.82) is 0 Å². The van der Waals surface area contributed by atoms with Crippen LogP contribution in [0.1, 0.15) is 10.4 Å². The third kappa shape index (κ3) is 1.45. The van der Waals surface area contributed by atoms with E-state index in [1.54, 1.807) is 6.07 Å². The third-order valence-corrected chi connectivity index (χ3v) is 1.87. The van der Waals surface area contributed by atoms with Gasteiger partial charge in [-0.1, -0.05) is 34.1 Å². The summed E-state index contributed by atoms with van der Waals surface area (Å²) in [6, 6.07) is 7.22. The normalized spacial score (nSPS) is 9.40. The standard InChI is InChI=1S/C8H6BrO/c1-6(10)7-4-2-3-5-8(7)9/h2-5H,1H2. The van der Waals surface area contributed by atoms with Crippen molar-refractivity contribution in [2.24, 2.45) is 0 Å². The smallest absolute Gasteiger partial charge is 0.164 e. The predicted molar refractivity (Wildman–Crippen MR) is 43.8 cm³/mol. The first kappa shape index (κ1) is 7.48. The molecular weight excluding hydrogens is 192 g/mol. The molecule has 0 unspecified atom stereocenters. The van der Waals surface area contributed by atoms with E-state index in [-0.39, 0.29) is 5.78 Å². The zero-order valence-electron chi connectivity index (χ0n) is 5.30. The highest BCUT2D eigenvalue weighted by Crippen LogP contribution is 2.15. The Morgan fingerprint density at radius 3 is 2.40 bits per heavy atom. The maximum absolute atomic E-state index is 10.7. The molecular formula is C8H6BrO. The van der Waals surface area contributed by atoms with Gasteiger partial charge in [0.05, 0.1) is 0 Å². The lowest BCUT2D eigenvalue weighted by atomic mass is 10.2. The first-order valence-electron chi connectivity index (χ1n) is 2.82. The van der Waals surface area contributed by atoms with Gasteiger partial charge in [0.15, 0.2) is 5.78 Å². The second-order valence-corrected chi connectivity index (χ2v) is 2.76. The molecule has 2 heteroatoms. The van der Waals surface area contributed by atoms with Crippen molar-refractivity contribution >= 4 is 21.7 Å². The van der Waals surface area contributed by atoms with Crippen molar-refractivity contribution < 1.29 is 4.79 Å². The van der Waals surface area contributed by atoms with Gasteiger partial charge >= 0.3 is 0 Å². The number of carbonyl (C=O) groups excluding carboxylic acids is 1. The Balaban J connectivity index is 3.15. The molecule has 1 aromatic carbocycles. The van der Waals surface area contributed by atoms with E-state index in [2.05, 4.69) is 22.9 Å². The van der Waals surface area contributed by atoms with Crippen LogP contribution in [0.3, 0.4) is 0 Å². The lowest BCUT2D eigenvalue weighted by Crippen LogP contribution is -1.92. The van der Waals surface area contributed by atoms with Crippen molar-refractivity contribution in [3.8, 4) is 0 Å². The number of benzene rings is 1. The second-order valence-electron chi connectivity index (χ2n) is 1.90. The van der Waals surface area contributed by atoms with Gasteiger partial charge in [0.2, 0.25) is 0 Å². The second kappa shape index (κ2) is 2.97. The highest BCUT2D eigenvalue weighted by molar-refractivity contribution is 9.10. The average molecular weight is 198 g/mol. The molecule has 0 aliphatic rings. The van der Waals surface area contributed by atoms with Crippen molar-refractivity contribution in [2.75, 3.05) is 0 Å². The Morgan fingerprint density at radius 2 is 2.00 bits per heavy atom. The van der Waals surface area contributed by atoms with Crippen LogP contribution in [-0.4, -0.2) is 5.78 Å². The fourth-order valence-electron chi connectivity index (χ4n) is 0.687. The van der Waals surface area contributed by atoms with Gasteiger partial charge in [-0.3, -0.25) is 4.79 Å². The van der Waals surface area contributed by atoms with E-state index in [4.69, 9.17) is 0 Å². The molecule has 51 valence electrons. The Labute approximate surface area is 68.2 Å². The van der Waals surface area contributed by atoms with Crippen molar-refractivity contribution in [3.05, 3.63) is 41.2 Å². The van der Waals surface area contributed by atoms with Crippen molar-refractivity contribution in [2.45, 2.75) is 0 Å². The molecule has 0 aliphatic carbocycles. The largest absolute Gasteiger partial charge is 0.294 e. The van der Waals surface area contributed by atoms with E-state index in [1.165, 1.54) is 0 Å². The van der Waals surface area contributed by atoms with E-state index in [0.717, 1.165) is 4.47 Å². The third-order valence-electron chi connectivity index (χ3n) is 1.17. The van der Waals surface area contributed by atoms with Crippen molar-refractivity contribution in [1.82, 2.24) is 0 Å². The lowest BCUT2D eigenvalue weighted by molar-refractivity contribution is 0.104. The summed E-state index contributed by atoms with van der Waals surface area (Å²) in [7, 11) is 0. The van der Waals surface area contributed by atoms with E-state index in [0.29, 0.717) is 5.56 Å². The summed E-state index contributed by atoms with van der Waals surface area (Å²) in [4.78, 5) is 10.7. The fourth-order valence-corrected chi connectivity index (χ4v) is 1.19. The summed E-state index contributed by atoms with van der Waals surface area (Å²) in [5, 5.41) is 0. The Morgan fingerprint density at radius 1 is 1.40 bits per heavy atom. The maximum atomic E-state index is 10.7. The van der Waals surface area contributed by atoms with Crippen LogP contribution >= 0.6 is 15.9 Å². The first-order valence-corrected chi connectivity index (χ1v) is 3.62. The number of hydrogen-bond acceptors (Lipinski definition) is 1. The fraction of sp³-hybridized carbons (Fsp3) is 0. The van der Waals surface area contributed by atoms with Crippen LogP contribution in [0.15, 0.2) is 28.7 Å². The molecule has 1 radical (unpaired) electrons. The molecule has 0 saturated heterocycles. The molecule has 0 bridgehead atoms. The highest BCUT2D eigenvalue weighted by atomic mass is 79.9. The van der Waals surface area contributed by atoms with E-state index in [1.807, 2.05) is 18.2 Å². The molecule has 0 aliphatic heterocycles. The molecule has 0 spiro atoms. The molecule has 1 rings (SSSR count). The van der Waals surface area contributed by atoms with Gasteiger partial charge in [0, 0.05) is 17.0 Å². The topological polar surface area (TPSA) is 17.1 Å². The molecule has 0 amide bonds. The van der Waals surface area contributed by atoms with Gasteiger partial charge in [-0.25, -0.2) is 0 Å². The van der Waals surface area contributed by atoms with Gasteiger partial charge in [0.1, 0.15) is 0 Å². The summed E-state index contributed by atoms with van der Waals surface area (Å²) in [5.41, 5.74) is 0.627. The van der Waals surface area contributed by atoms with Gasteiger partial charge in [-0.05, 0) is 6.07 Å². The zero-order valence-corrected chi connectivity index (χ0v) is 6.89. The number of hydrogen-bond donors (Lipinski definition) is 0. The number of Topliss-reactive ketones (excluding diaryl/α,β-unsaturated/α-hetero) is 1. The molecule has 0 saturated carbocycles. The van der Waals surface area contributed by atoms with E-state index in [9.17, 15) is 4.79 Å². The Bertz CT molecular complexity index is 255. The van der Waals surface area contributed by atoms with Crippen LogP contribution < -0.4 is 0 Å². The molecule has 10 heavy (non-hydrogen) atoms. The molecule has 0 fully saturated rings. The first-order chi connectivity index (χ1) is 4.72. The number of rotatable bonds is 1. The van der Waals surface area contributed by atoms with Crippen LogP contribution in [0, 0.1) is 6.92 Å². The molecule has 0 atom stereocenters. The quantitative estimate of drug-likeness (QED) is 0.633. The summed E-state index contributed by atoms with van der Waals surface area (Å²) in [6.07, 6.45) is 0. The van der Waals surface area contributed by atoms with E-state index < -0.39 is 0 Å². The van der Waals surface area contributed by atoms with Crippen molar-refractivity contribution in [3.63, 3.8) is 0 Å². The maximum Gasteiger partial charge on any atom is 0.164 e. The van der Waals surface area contributed by atoms with Crippen LogP contribution in [0.2, 0.25) is 0 Å². The molecule has 0 heterocycles. The summed E-state index contributed by atoms with van der Waals surface area (Å²) in [5.74, 6) is -0.160. The molecule has 1 nitrogen and oxygen atoms in total. The number of carbonyl (C=O) groups is 1. The summed E-state index contributed by atoms with van der Waals surface area (Å²) < 4.78 is 0.801. The van der Waals surface area contributed by atoms with Gasteiger partial charge in [-0.15, -0.1) is 0 Å². The van der Waals surface area contributed by atoms with Gasteiger partial charge in [-0.2, -0.15) is 0 Å². The Hall–Kier alpha value is -0.630.